The zero-order valence-electron chi connectivity index (χ0n) is 22.0. The second kappa shape index (κ2) is 13.2. The van der Waals surface area contributed by atoms with Gasteiger partial charge in [-0.3, -0.25) is 14.4 Å². The molecule has 2 unspecified atom stereocenters. The number of carbonyl (C=O) groups excluding carboxylic acids is 3. The molecule has 2 aromatic carbocycles. The molecule has 0 saturated heterocycles. The molecule has 1 spiro atoms. The van der Waals surface area contributed by atoms with Crippen LogP contribution in [0.25, 0.3) is 6.08 Å². The van der Waals surface area contributed by atoms with Gasteiger partial charge >= 0.3 is 0 Å². The molecule has 3 amide bonds. The van der Waals surface area contributed by atoms with E-state index in [2.05, 4.69) is 21.3 Å². The Labute approximate surface area is 224 Å². The van der Waals surface area contributed by atoms with Crippen LogP contribution in [0.4, 0.5) is 0 Å². The van der Waals surface area contributed by atoms with Crippen molar-refractivity contribution in [3.05, 3.63) is 71.8 Å². The molecule has 38 heavy (non-hydrogen) atoms. The van der Waals surface area contributed by atoms with E-state index >= 15 is 0 Å². The third-order valence-electron chi connectivity index (χ3n) is 7.24. The maximum Gasteiger partial charge on any atom is 0.246 e. The summed E-state index contributed by atoms with van der Waals surface area (Å²) in [4.78, 5) is 40.3. The van der Waals surface area contributed by atoms with Crippen LogP contribution in [0, 0.1) is 0 Å². The maximum absolute atomic E-state index is 13.7. The minimum absolute atomic E-state index is 0.210. The van der Waals surface area contributed by atoms with Crippen LogP contribution >= 0.6 is 0 Å². The lowest BCUT2D eigenvalue weighted by molar-refractivity contribution is -0.136. The normalized spacial score (nSPS) is 23.7. The van der Waals surface area contributed by atoms with Crippen LogP contribution < -0.4 is 26.0 Å². The molecule has 1 aliphatic carbocycles. The second-order valence-corrected chi connectivity index (χ2v) is 9.94. The van der Waals surface area contributed by atoms with Crippen molar-refractivity contribution < 1.29 is 19.1 Å². The van der Waals surface area contributed by atoms with E-state index in [1.54, 1.807) is 0 Å². The molecule has 1 fully saturated rings. The summed E-state index contributed by atoms with van der Waals surface area (Å²) in [6.07, 6.45) is 7.47. The average molecular weight is 519 g/mol. The number of fused-ring (bicyclic) bond motifs is 1. The van der Waals surface area contributed by atoms with Crippen LogP contribution in [0.5, 0.6) is 5.75 Å². The molecular weight excluding hydrogens is 480 g/mol. The number of nitrogens with one attached hydrogen (secondary N) is 4. The molecular formula is C30H38N4O4. The van der Waals surface area contributed by atoms with Gasteiger partial charge in [0.2, 0.25) is 17.7 Å². The molecule has 1 heterocycles. The second-order valence-electron chi connectivity index (χ2n) is 9.94. The summed E-state index contributed by atoms with van der Waals surface area (Å²) < 4.78 is 5.98. The van der Waals surface area contributed by atoms with Gasteiger partial charge in [-0.2, -0.15) is 0 Å². The van der Waals surface area contributed by atoms with Crippen molar-refractivity contribution in [3.63, 3.8) is 0 Å². The maximum atomic E-state index is 13.7. The van der Waals surface area contributed by atoms with Crippen LogP contribution in [0.15, 0.2) is 60.7 Å². The van der Waals surface area contributed by atoms with Gasteiger partial charge in [-0.1, -0.05) is 80.4 Å². The van der Waals surface area contributed by atoms with Gasteiger partial charge in [0.15, 0.2) is 0 Å². The van der Waals surface area contributed by atoms with E-state index in [9.17, 15) is 14.4 Å². The number of para-hydroxylation sites is 1. The number of ether oxygens (including phenoxy) is 1. The van der Waals surface area contributed by atoms with Crippen LogP contribution in [0.3, 0.4) is 0 Å². The van der Waals surface area contributed by atoms with Crippen molar-refractivity contribution in [3.8, 4) is 5.75 Å². The Morgan fingerprint density at radius 3 is 2.42 bits per heavy atom. The van der Waals surface area contributed by atoms with Crippen molar-refractivity contribution >= 4 is 23.8 Å². The average Bonchev–Trinajstić information content (AvgIpc) is 3.41. The van der Waals surface area contributed by atoms with Crippen LogP contribution in [0.2, 0.25) is 0 Å². The smallest absolute Gasteiger partial charge is 0.246 e. The van der Waals surface area contributed by atoms with Crippen molar-refractivity contribution in [1.82, 2.24) is 21.3 Å². The Morgan fingerprint density at radius 2 is 1.66 bits per heavy atom. The summed E-state index contributed by atoms with van der Waals surface area (Å²) in [6, 6.07) is 16.1. The quantitative estimate of drug-likeness (QED) is 0.500. The number of carbonyl (C=O) groups is 3. The van der Waals surface area contributed by atoms with Crippen LogP contribution in [-0.2, 0) is 20.8 Å². The Kier molecular flexibility index (Phi) is 9.54. The summed E-state index contributed by atoms with van der Waals surface area (Å²) in [5.74, 6) is -0.0547. The number of hydrogen-bond donors (Lipinski definition) is 4. The molecule has 1 aliphatic heterocycles. The van der Waals surface area contributed by atoms with Crippen molar-refractivity contribution in [1.29, 1.82) is 0 Å². The third kappa shape index (κ3) is 7.01. The highest BCUT2D eigenvalue weighted by Gasteiger charge is 2.44. The summed E-state index contributed by atoms with van der Waals surface area (Å²) in [6.45, 7) is 3.11. The number of amides is 3. The van der Waals surface area contributed by atoms with Gasteiger partial charge in [0, 0.05) is 25.1 Å². The molecule has 4 rings (SSSR count). The number of benzene rings is 2. The minimum Gasteiger partial charge on any atom is -0.492 e. The van der Waals surface area contributed by atoms with Gasteiger partial charge in [0.05, 0.1) is 6.04 Å². The lowest BCUT2D eigenvalue weighted by atomic mass is 9.94. The number of hydrogen-bond acceptors (Lipinski definition) is 5. The molecule has 8 heteroatoms. The highest BCUT2D eigenvalue weighted by atomic mass is 16.5. The molecule has 0 aromatic heterocycles. The third-order valence-corrected chi connectivity index (χ3v) is 7.24. The zero-order chi connectivity index (χ0) is 26.8. The van der Waals surface area contributed by atoms with Gasteiger partial charge in [-0.05, 0) is 30.9 Å². The predicted octanol–water partition coefficient (Wildman–Crippen LogP) is 2.73. The fraction of sp³-hybridized carbons (Fsp3) is 0.433. The van der Waals surface area contributed by atoms with E-state index in [0.717, 1.165) is 29.7 Å². The lowest BCUT2D eigenvalue weighted by Crippen LogP contribution is -2.63. The van der Waals surface area contributed by atoms with Gasteiger partial charge in [-0.15, -0.1) is 0 Å². The number of rotatable bonds is 3. The first kappa shape index (κ1) is 27.4. The van der Waals surface area contributed by atoms with Gasteiger partial charge in [-0.25, -0.2) is 0 Å². The molecule has 1 saturated carbocycles. The first-order chi connectivity index (χ1) is 18.5. The van der Waals surface area contributed by atoms with Crippen LogP contribution in [-0.4, -0.2) is 55.0 Å². The van der Waals surface area contributed by atoms with Gasteiger partial charge < -0.3 is 26.0 Å². The van der Waals surface area contributed by atoms with E-state index in [1.165, 1.54) is 0 Å². The molecule has 8 nitrogen and oxygen atoms in total. The highest BCUT2D eigenvalue weighted by Crippen LogP contribution is 2.30. The minimum atomic E-state index is -1.03. The van der Waals surface area contributed by atoms with Crippen molar-refractivity contribution in [2.24, 2.45) is 0 Å². The summed E-state index contributed by atoms with van der Waals surface area (Å²) in [5.41, 5.74) is 0.809. The van der Waals surface area contributed by atoms with Crippen molar-refractivity contribution in [2.75, 3.05) is 19.7 Å². The first-order valence-corrected chi connectivity index (χ1v) is 13.6. The topological polar surface area (TPSA) is 109 Å². The van der Waals surface area contributed by atoms with Crippen molar-refractivity contribution in [2.45, 2.75) is 63.1 Å². The first-order valence-electron chi connectivity index (χ1n) is 13.6. The Hall–Kier alpha value is -3.65. The van der Waals surface area contributed by atoms with E-state index in [1.807, 2.05) is 73.7 Å². The zero-order valence-corrected chi connectivity index (χ0v) is 22.0. The molecule has 2 aliphatic rings. The molecule has 2 aromatic rings. The van der Waals surface area contributed by atoms with E-state index in [4.69, 9.17) is 4.74 Å². The Bertz CT molecular complexity index is 1130. The molecule has 4 N–H and O–H groups in total. The summed E-state index contributed by atoms with van der Waals surface area (Å²) in [5, 5.41) is 12.3. The molecule has 0 bridgehead atoms. The standard InChI is InChI=1S/C30H38N4O4/c1-2-24-28(36)34-30(16-8-9-17-30)29(37)33-25(21-22-11-4-3-5-12-22)27(35)32-18-10-14-23-13-6-7-15-26(23)38-20-19-31-24/h3-7,10-15,24-25,31H,2,8-9,16-21H2,1H3,(H,32,35)(H,33,37)(H,34,36)/b14-10-. The fourth-order valence-corrected chi connectivity index (χ4v) is 5.10. The Morgan fingerprint density at radius 1 is 0.921 bits per heavy atom. The lowest BCUT2D eigenvalue weighted by Gasteiger charge is -2.32. The summed E-state index contributed by atoms with van der Waals surface area (Å²) in [7, 11) is 0. The van der Waals surface area contributed by atoms with E-state index in [0.29, 0.717) is 45.4 Å². The highest BCUT2D eigenvalue weighted by molar-refractivity contribution is 5.96. The SMILES string of the molecule is CCC1NCCOc2ccccc2/C=C\CNC(=O)C(Cc2ccccc2)NC(=O)C2(CCCC2)NC1=O. The Balaban J connectivity index is 1.60. The van der Waals surface area contributed by atoms with E-state index < -0.39 is 17.6 Å². The van der Waals surface area contributed by atoms with Gasteiger partial charge in [0.25, 0.3) is 0 Å². The largest absolute Gasteiger partial charge is 0.492 e. The van der Waals surface area contributed by atoms with Crippen LogP contribution in [0.1, 0.15) is 50.2 Å². The molecule has 2 atom stereocenters. The predicted molar refractivity (Wildman–Crippen MR) is 147 cm³/mol. The monoisotopic (exact) mass is 518 g/mol. The summed E-state index contributed by atoms with van der Waals surface area (Å²) >= 11 is 0. The fourth-order valence-electron chi connectivity index (χ4n) is 5.10. The van der Waals surface area contributed by atoms with Gasteiger partial charge in [0.1, 0.15) is 23.9 Å². The molecule has 0 radical (unpaired) electrons. The van der Waals surface area contributed by atoms with E-state index in [-0.39, 0.29) is 17.7 Å². The molecule has 202 valence electrons.